The van der Waals surface area contributed by atoms with Crippen LogP contribution in [0.1, 0.15) is 5.56 Å². The standard InChI is InChI=1S/C23H18ClN3O4S/c1-30-18-7-14(15(24)8-19(18)31-2)20-9-16-21(32-20)22(28)27(23(29)26-16)17-11-25-10-12-5-3-4-6-13(12)17/h3-11,16,21H,1-2H3,(H,26,29). The Labute approximate surface area is 193 Å². The second-order valence-corrected chi connectivity index (χ2v) is 8.88. The van der Waals surface area contributed by atoms with Crippen LogP contribution in [-0.2, 0) is 4.79 Å². The molecule has 1 aromatic heterocycles. The summed E-state index contributed by atoms with van der Waals surface area (Å²) in [6.45, 7) is 0. The molecule has 0 bridgehead atoms. The SMILES string of the molecule is COc1cc(Cl)c(C2=CC3NC(=O)N(c4cncc5ccccc45)C(=O)C3S2)cc1OC. The van der Waals surface area contributed by atoms with Gasteiger partial charge in [0.25, 0.3) is 5.91 Å². The molecule has 2 aliphatic heterocycles. The summed E-state index contributed by atoms with van der Waals surface area (Å²) >= 11 is 7.85. The second-order valence-electron chi connectivity index (χ2n) is 7.29. The largest absolute Gasteiger partial charge is 0.493 e. The lowest BCUT2D eigenvalue weighted by Gasteiger charge is -2.33. The molecule has 2 unspecified atom stereocenters. The summed E-state index contributed by atoms with van der Waals surface area (Å²) < 4.78 is 10.7. The van der Waals surface area contributed by atoms with Gasteiger partial charge in [0.15, 0.2) is 11.5 Å². The number of carbonyl (C=O) groups excluding carboxylic acids is 2. The maximum absolute atomic E-state index is 13.5. The third kappa shape index (κ3) is 3.27. The van der Waals surface area contributed by atoms with Crippen LogP contribution in [0.3, 0.4) is 0 Å². The lowest BCUT2D eigenvalue weighted by atomic mass is 10.1. The van der Waals surface area contributed by atoms with Crippen LogP contribution in [0.25, 0.3) is 15.7 Å². The summed E-state index contributed by atoms with van der Waals surface area (Å²) in [6, 6.07) is 10.0. The predicted octanol–water partition coefficient (Wildman–Crippen LogP) is 4.49. The third-order valence-electron chi connectivity index (χ3n) is 5.49. The number of benzene rings is 2. The molecule has 9 heteroatoms. The van der Waals surface area contributed by atoms with Crippen molar-refractivity contribution in [2.24, 2.45) is 0 Å². The first-order valence-corrected chi connectivity index (χ1v) is 11.0. The number of thioether (sulfide) groups is 1. The molecule has 32 heavy (non-hydrogen) atoms. The first-order chi connectivity index (χ1) is 15.5. The van der Waals surface area contributed by atoms with Gasteiger partial charge >= 0.3 is 6.03 Å². The summed E-state index contributed by atoms with van der Waals surface area (Å²) in [5.74, 6) is 0.744. The first kappa shape index (κ1) is 20.7. The molecule has 0 aliphatic carbocycles. The molecule has 3 aromatic rings. The van der Waals surface area contributed by atoms with Crippen molar-refractivity contribution in [2.45, 2.75) is 11.3 Å². The zero-order valence-electron chi connectivity index (χ0n) is 17.2. The number of ether oxygens (including phenoxy) is 2. The van der Waals surface area contributed by atoms with E-state index >= 15 is 0 Å². The zero-order valence-corrected chi connectivity index (χ0v) is 18.7. The molecule has 3 heterocycles. The smallest absolute Gasteiger partial charge is 0.329 e. The number of urea groups is 1. The lowest BCUT2D eigenvalue weighted by molar-refractivity contribution is -0.118. The van der Waals surface area contributed by atoms with Gasteiger partial charge in [-0.05, 0) is 12.1 Å². The van der Waals surface area contributed by atoms with Crippen molar-refractivity contribution in [2.75, 3.05) is 19.1 Å². The van der Waals surface area contributed by atoms with Gasteiger partial charge in [0.05, 0.1) is 37.2 Å². The molecule has 2 atom stereocenters. The van der Waals surface area contributed by atoms with E-state index in [1.54, 1.807) is 31.6 Å². The van der Waals surface area contributed by atoms with Gasteiger partial charge in [0.1, 0.15) is 5.25 Å². The van der Waals surface area contributed by atoms with E-state index in [1.165, 1.54) is 23.8 Å². The number of carbonyl (C=O) groups is 2. The predicted molar refractivity (Wildman–Crippen MR) is 125 cm³/mol. The van der Waals surface area contributed by atoms with Gasteiger partial charge in [-0.3, -0.25) is 9.78 Å². The molecule has 0 radical (unpaired) electrons. The molecule has 162 valence electrons. The number of pyridine rings is 1. The van der Waals surface area contributed by atoms with Gasteiger partial charge in [-0.2, -0.15) is 0 Å². The molecule has 1 saturated heterocycles. The molecule has 5 rings (SSSR count). The maximum Gasteiger partial charge on any atom is 0.329 e. The highest BCUT2D eigenvalue weighted by atomic mass is 35.5. The fourth-order valence-electron chi connectivity index (χ4n) is 3.96. The minimum absolute atomic E-state index is 0.301. The summed E-state index contributed by atoms with van der Waals surface area (Å²) in [6.07, 6.45) is 5.10. The molecular formula is C23H18ClN3O4S. The Bertz CT molecular complexity index is 1290. The number of nitrogens with zero attached hydrogens (tertiary/aromatic N) is 2. The van der Waals surface area contributed by atoms with Crippen LogP contribution in [0.15, 0.2) is 54.9 Å². The van der Waals surface area contributed by atoms with E-state index in [1.807, 2.05) is 30.3 Å². The van der Waals surface area contributed by atoms with E-state index in [0.29, 0.717) is 27.8 Å². The molecule has 3 amide bonds. The molecule has 2 aromatic carbocycles. The summed E-state index contributed by atoms with van der Waals surface area (Å²) in [7, 11) is 3.09. The fourth-order valence-corrected chi connectivity index (χ4v) is 5.56. The Morgan fingerprint density at radius 1 is 1.09 bits per heavy atom. The number of aromatic nitrogens is 1. The minimum atomic E-state index is -0.522. The molecule has 1 N–H and O–H groups in total. The van der Waals surface area contributed by atoms with Crippen molar-refractivity contribution in [3.8, 4) is 11.5 Å². The number of hydrogen-bond acceptors (Lipinski definition) is 6. The second kappa shape index (κ2) is 8.03. The lowest BCUT2D eigenvalue weighted by Crippen LogP contribution is -2.60. The van der Waals surface area contributed by atoms with Crippen molar-refractivity contribution in [3.05, 3.63) is 65.5 Å². The average Bonchev–Trinajstić information content (AvgIpc) is 3.23. The maximum atomic E-state index is 13.5. The van der Waals surface area contributed by atoms with Crippen LogP contribution in [0.2, 0.25) is 5.02 Å². The number of hydrogen-bond donors (Lipinski definition) is 1. The van der Waals surface area contributed by atoms with E-state index in [2.05, 4.69) is 10.3 Å². The van der Waals surface area contributed by atoms with Crippen LogP contribution in [0, 0.1) is 0 Å². The Morgan fingerprint density at radius 2 is 1.84 bits per heavy atom. The van der Waals surface area contributed by atoms with Crippen molar-refractivity contribution < 1.29 is 19.1 Å². The van der Waals surface area contributed by atoms with E-state index in [0.717, 1.165) is 15.7 Å². The Kier molecular flexibility index (Phi) is 5.19. The van der Waals surface area contributed by atoms with Crippen molar-refractivity contribution in [1.29, 1.82) is 0 Å². The van der Waals surface area contributed by atoms with Gasteiger partial charge in [-0.25, -0.2) is 9.69 Å². The van der Waals surface area contributed by atoms with E-state index < -0.39 is 17.3 Å². The van der Waals surface area contributed by atoms with Crippen molar-refractivity contribution in [3.63, 3.8) is 0 Å². The highest BCUT2D eigenvalue weighted by Gasteiger charge is 2.46. The van der Waals surface area contributed by atoms with Crippen LogP contribution >= 0.6 is 23.4 Å². The minimum Gasteiger partial charge on any atom is -0.493 e. The number of nitrogens with one attached hydrogen (secondary N) is 1. The molecule has 1 fully saturated rings. The van der Waals surface area contributed by atoms with Crippen LogP contribution in [-0.4, -0.2) is 42.4 Å². The zero-order chi connectivity index (χ0) is 22.4. The monoisotopic (exact) mass is 467 g/mol. The number of fused-ring (bicyclic) bond motifs is 2. The fraction of sp³-hybridized carbons (Fsp3) is 0.174. The molecule has 0 saturated carbocycles. The van der Waals surface area contributed by atoms with E-state index in [9.17, 15) is 9.59 Å². The van der Waals surface area contributed by atoms with Gasteiger partial charge in [0, 0.05) is 33.5 Å². The average molecular weight is 468 g/mol. The molecule has 0 spiro atoms. The Hall–Kier alpha value is -3.23. The highest BCUT2D eigenvalue weighted by molar-refractivity contribution is 8.09. The van der Waals surface area contributed by atoms with Gasteiger partial charge in [-0.15, -0.1) is 11.8 Å². The number of rotatable bonds is 4. The number of imide groups is 1. The van der Waals surface area contributed by atoms with E-state index in [-0.39, 0.29) is 5.91 Å². The van der Waals surface area contributed by atoms with Crippen molar-refractivity contribution in [1.82, 2.24) is 10.3 Å². The Morgan fingerprint density at radius 3 is 2.62 bits per heavy atom. The third-order valence-corrected chi connectivity index (χ3v) is 7.17. The number of halogens is 1. The number of amides is 3. The summed E-state index contributed by atoms with van der Waals surface area (Å²) in [5.41, 5.74) is 1.17. The summed E-state index contributed by atoms with van der Waals surface area (Å²) in [5, 5.41) is 4.51. The van der Waals surface area contributed by atoms with Gasteiger partial charge in [0.2, 0.25) is 0 Å². The van der Waals surface area contributed by atoms with Gasteiger partial charge in [-0.1, -0.05) is 35.9 Å². The van der Waals surface area contributed by atoms with Crippen LogP contribution in [0.5, 0.6) is 11.5 Å². The summed E-state index contributed by atoms with van der Waals surface area (Å²) in [4.78, 5) is 32.6. The molecule has 2 aliphatic rings. The van der Waals surface area contributed by atoms with E-state index in [4.69, 9.17) is 21.1 Å². The normalized spacial score (nSPS) is 20.1. The highest BCUT2D eigenvalue weighted by Crippen LogP contribution is 2.47. The van der Waals surface area contributed by atoms with Crippen LogP contribution in [0.4, 0.5) is 10.5 Å². The number of anilines is 1. The molecular weight excluding hydrogens is 450 g/mol. The molecule has 7 nitrogen and oxygen atoms in total. The quantitative estimate of drug-likeness (QED) is 0.609. The number of methoxy groups -OCH3 is 2. The Balaban J connectivity index is 1.49. The van der Waals surface area contributed by atoms with Gasteiger partial charge < -0.3 is 14.8 Å². The topological polar surface area (TPSA) is 80.8 Å². The first-order valence-electron chi connectivity index (χ1n) is 9.79. The van der Waals surface area contributed by atoms with Crippen molar-refractivity contribution >= 4 is 56.7 Å². The van der Waals surface area contributed by atoms with Crippen LogP contribution < -0.4 is 19.7 Å².